The third-order valence-electron chi connectivity index (χ3n) is 9.97. The zero-order valence-corrected chi connectivity index (χ0v) is 27.2. The van der Waals surface area contributed by atoms with Gasteiger partial charge < -0.3 is 38.1 Å². The van der Waals surface area contributed by atoms with Crippen LogP contribution in [0.25, 0.3) is 17.0 Å². The number of nitrogens with zero attached hydrogens (tertiary/aromatic N) is 1. The van der Waals surface area contributed by atoms with Gasteiger partial charge in [0.05, 0.1) is 47.5 Å². The number of esters is 2. The summed E-state index contributed by atoms with van der Waals surface area (Å²) in [6.07, 6.45) is 4.01. The van der Waals surface area contributed by atoms with Crippen molar-refractivity contribution in [2.24, 2.45) is 17.8 Å². The van der Waals surface area contributed by atoms with Crippen LogP contribution in [0.5, 0.6) is 23.0 Å². The Hall–Kier alpha value is -4.22. The monoisotopic (exact) mass is 634 g/mol. The predicted molar refractivity (Wildman–Crippen MR) is 170 cm³/mol. The summed E-state index contributed by atoms with van der Waals surface area (Å²) in [7, 11) is 9.24. The molecule has 3 aromatic rings. The Morgan fingerprint density at radius 3 is 2.35 bits per heavy atom. The maximum atomic E-state index is 13.4. The second kappa shape index (κ2) is 13.3. The number of nitrogens with one attached hydrogen (secondary N) is 1. The number of rotatable bonds is 9. The van der Waals surface area contributed by atoms with Crippen molar-refractivity contribution in [2.75, 3.05) is 55.7 Å². The van der Waals surface area contributed by atoms with Gasteiger partial charge in [-0.3, -0.25) is 9.69 Å². The van der Waals surface area contributed by atoms with Gasteiger partial charge in [-0.2, -0.15) is 0 Å². The van der Waals surface area contributed by atoms with Gasteiger partial charge >= 0.3 is 11.9 Å². The first kappa shape index (κ1) is 31.7. The van der Waals surface area contributed by atoms with Crippen molar-refractivity contribution in [1.82, 2.24) is 9.88 Å². The molecule has 1 aliphatic carbocycles. The van der Waals surface area contributed by atoms with E-state index < -0.39 is 24.1 Å². The van der Waals surface area contributed by atoms with Gasteiger partial charge in [0.25, 0.3) is 0 Å². The third-order valence-corrected chi connectivity index (χ3v) is 9.97. The molecule has 1 aromatic heterocycles. The Morgan fingerprint density at radius 2 is 1.70 bits per heavy atom. The maximum Gasteiger partial charge on any atom is 0.331 e. The molecule has 0 bridgehead atoms. The number of carbonyl (C=O) groups is 2. The second-order valence-corrected chi connectivity index (χ2v) is 12.1. The van der Waals surface area contributed by atoms with Crippen LogP contribution in [0.3, 0.4) is 0 Å². The molecule has 1 N–H and O–H groups in total. The first-order valence-electron chi connectivity index (χ1n) is 15.6. The molecule has 2 aliphatic heterocycles. The minimum Gasteiger partial charge on any atom is -0.497 e. The Labute approximate surface area is 268 Å². The quantitative estimate of drug-likeness (QED) is 0.265. The highest BCUT2D eigenvalue weighted by Gasteiger charge is 2.54. The van der Waals surface area contributed by atoms with Crippen molar-refractivity contribution in [2.45, 2.75) is 37.5 Å². The normalized spacial score (nSPS) is 25.7. The van der Waals surface area contributed by atoms with E-state index in [4.69, 9.17) is 33.2 Å². The molecule has 0 spiro atoms. The van der Waals surface area contributed by atoms with Crippen LogP contribution in [-0.4, -0.2) is 89.8 Å². The highest BCUT2D eigenvalue weighted by Crippen LogP contribution is 2.50. The fraction of sp³-hybridized carbons (Fsp3) is 0.486. The van der Waals surface area contributed by atoms with E-state index in [1.807, 2.05) is 12.1 Å². The molecule has 6 atom stereocenters. The number of fused-ring (bicyclic) bond motifs is 6. The molecule has 11 nitrogen and oxygen atoms in total. The van der Waals surface area contributed by atoms with E-state index >= 15 is 0 Å². The molecule has 1 unspecified atom stereocenters. The first-order valence-corrected chi connectivity index (χ1v) is 15.6. The van der Waals surface area contributed by atoms with Crippen molar-refractivity contribution in [1.29, 1.82) is 0 Å². The van der Waals surface area contributed by atoms with Gasteiger partial charge in [0.15, 0.2) is 11.5 Å². The Balaban J connectivity index is 1.23. The smallest absolute Gasteiger partial charge is 0.331 e. The van der Waals surface area contributed by atoms with E-state index in [0.717, 1.165) is 37.2 Å². The average molecular weight is 635 g/mol. The topological polar surface area (TPSA) is 118 Å². The standard InChI is InChI=1S/C35H42N2O9/c1-40-21-8-9-22-23-11-12-37-18-20-15-29(46-30(38)10-7-19-13-27(41-2)33(43-4)28(14-19)42-3)34(44-5)31(35(39)45-6)24(20)17-26(37)32(23)36-25(22)16-21/h7-10,13-14,16,20,24,26,29,31,34,36H,11-12,15,17-18H2,1-6H3/t20-,24+,26?,29-,31+,34+/m1/s1. The fourth-order valence-electron chi connectivity index (χ4n) is 7.91. The van der Waals surface area contributed by atoms with Crippen molar-refractivity contribution in [3.8, 4) is 23.0 Å². The first-order chi connectivity index (χ1) is 22.3. The van der Waals surface area contributed by atoms with Crippen LogP contribution in [-0.2, 0) is 30.2 Å². The lowest BCUT2D eigenvalue weighted by molar-refractivity contribution is -0.187. The lowest BCUT2D eigenvalue weighted by Gasteiger charge is -2.52. The highest BCUT2D eigenvalue weighted by atomic mass is 16.6. The van der Waals surface area contributed by atoms with E-state index in [0.29, 0.717) is 29.2 Å². The van der Waals surface area contributed by atoms with Gasteiger partial charge in [-0.25, -0.2) is 4.79 Å². The molecular formula is C35H42N2O9. The summed E-state index contributed by atoms with van der Waals surface area (Å²) in [6, 6.07) is 9.78. The molecule has 3 heterocycles. The number of carbonyl (C=O) groups excluding carboxylic acids is 2. The lowest BCUT2D eigenvalue weighted by Crippen LogP contribution is -2.58. The summed E-state index contributed by atoms with van der Waals surface area (Å²) in [4.78, 5) is 32.8. The van der Waals surface area contributed by atoms with Crippen molar-refractivity contribution in [3.05, 3.63) is 53.2 Å². The van der Waals surface area contributed by atoms with Crippen molar-refractivity contribution < 1.29 is 42.7 Å². The molecular weight excluding hydrogens is 592 g/mol. The van der Waals surface area contributed by atoms with Crippen molar-refractivity contribution >= 4 is 28.9 Å². The number of aromatic amines is 1. The van der Waals surface area contributed by atoms with Crippen LogP contribution < -0.4 is 18.9 Å². The minimum atomic E-state index is -0.645. The van der Waals surface area contributed by atoms with Crippen LogP contribution in [0.15, 0.2) is 36.4 Å². The van der Waals surface area contributed by atoms with Crippen LogP contribution in [0, 0.1) is 17.8 Å². The number of hydrogen-bond acceptors (Lipinski definition) is 10. The molecule has 2 fully saturated rings. The predicted octanol–water partition coefficient (Wildman–Crippen LogP) is 4.57. The van der Waals surface area contributed by atoms with E-state index in [-0.39, 0.29) is 23.8 Å². The molecule has 3 aliphatic rings. The van der Waals surface area contributed by atoms with E-state index in [2.05, 4.69) is 16.0 Å². The minimum absolute atomic E-state index is 0.00438. The average Bonchev–Trinajstić information content (AvgIpc) is 3.46. The van der Waals surface area contributed by atoms with Crippen LogP contribution in [0.2, 0.25) is 0 Å². The van der Waals surface area contributed by atoms with Gasteiger partial charge in [-0.05, 0) is 72.6 Å². The van der Waals surface area contributed by atoms with Crippen LogP contribution >= 0.6 is 0 Å². The zero-order valence-electron chi connectivity index (χ0n) is 27.2. The molecule has 2 aromatic carbocycles. The second-order valence-electron chi connectivity index (χ2n) is 12.1. The van der Waals surface area contributed by atoms with Gasteiger partial charge in [-0.15, -0.1) is 0 Å². The van der Waals surface area contributed by atoms with E-state index in [1.165, 1.54) is 51.2 Å². The number of methoxy groups -OCH3 is 6. The van der Waals surface area contributed by atoms with Gasteiger partial charge in [0.2, 0.25) is 5.75 Å². The van der Waals surface area contributed by atoms with Crippen LogP contribution in [0.4, 0.5) is 0 Å². The maximum absolute atomic E-state index is 13.4. The molecule has 0 amide bonds. The third kappa shape index (κ3) is 5.66. The number of aromatic nitrogens is 1. The van der Waals surface area contributed by atoms with Crippen LogP contribution in [0.1, 0.15) is 35.7 Å². The molecule has 246 valence electrons. The number of hydrogen-bond donors (Lipinski definition) is 1. The number of H-pyrrole nitrogens is 1. The number of benzene rings is 2. The number of ether oxygens (including phenoxy) is 7. The largest absolute Gasteiger partial charge is 0.497 e. The molecule has 6 rings (SSSR count). The fourth-order valence-corrected chi connectivity index (χ4v) is 7.91. The van der Waals surface area contributed by atoms with Crippen molar-refractivity contribution in [3.63, 3.8) is 0 Å². The van der Waals surface area contributed by atoms with E-state index in [1.54, 1.807) is 32.4 Å². The molecule has 0 radical (unpaired) electrons. The van der Waals surface area contributed by atoms with Gasteiger partial charge in [0, 0.05) is 48.9 Å². The van der Waals surface area contributed by atoms with Gasteiger partial charge in [-0.1, -0.05) is 0 Å². The summed E-state index contributed by atoms with van der Waals surface area (Å²) in [5, 5.41) is 1.21. The lowest BCUT2D eigenvalue weighted by atomic mass is 9.63. The zero-order chi connectivity index (χ0) is 32.5. The number of piperidine rings is 1. The molecule has 1 saturated carbocycles. The van der Waals surface area contributed by atoms with E-state index in [9.17, 15) is 9.59 Å². The Kier molecular flexibility index (Phi) is 9.15. The highest BCUT2D eigenvalue weighted by molar-refractivity contribution is 5.88. The molecule has 1 saturated heterocycles. The Morgan fingerprint density at radius 1 is 0.935 bits per heavy atom. The Bertz CT molecular complexity index is 1610. The molecule has 11 heteroatoms. The summed E-state index contributed by atoms with van der Waals surface area (Å²) < 4.78 is 39.0. The summed E-state index contributed by atoms with van der Waals surface area (Å²) in [6.45, 7) is 1.70. The summed E-state index contributed by atoms with van der Waals surface area (Å²) >= 11 is 0. The summed E-state index contributed by atoms with van der Waals surface area (Å²) in [5.74, 6) is 0.873. The SMILES string of the molecule is COC(=O)[C@H]1[C@H]2CC3c4[nH]c5cc(OC)ccc5c4CCN3C[C@H]2C[C@@H](OC(=O)C=Cc2cc(OC)c(OC)c(OC)c2)[C@@H]1OC. The summed E-state index contributed by atoms with van der Waals surface area (Å²) in [5.41, 5.74) is 4.26. The van der Waals surface area contributed by atoms with Gasteiger partial charge in [0.1, 0.15) is 18.0 Å². The molecule has 46 heavy (non-hydrogen) atoms.